The summed E-state index contributed by atoms with van der Waals surface area (Å²) in [5, 5.41) is 3.03. The summed E-state index contributed by atoms with van der Waals surface area (Å²) in [5.41, 5.74) is 1.13. The lowest BCUT2D eigenvalue weighted by atomic mass is 10.1. The largest absolute Gasteiger partial charge is 0.496 e. The first-order valence-corrected chi connectivity index (χ1v) is 6.25. The molecule has 0 atom stereocenters. The van der Waals surface area contributed by atoms with Crippen LogP contribution in [-0.4, -0.2) is 44.6 Å². The van der Waals surface area contributed by atoms with Gasteiger partial charge in [-0.1, -0.05) is 25.1 Å². The second-order valence-corrected chi connectivity index (χ2v) is 4.16. The van der Waals surface area contributed by atoms with Gasteiger partial charge in [-0.25, -0.2) is 0 Å². The van der Waals surface area contributed by atoms with Crippen LogP contribution in [0.25, 0.3) is 0 Å². The number of hydrogen-bond donors (Lipinski definition) is 1. The number of amides is 1. The normalized spacial score (nSPS) is 10.2. The van der Waals surface area contributed by atoms with Gasteiger partial charge in [0.15, 0.2) is 0 Å². The van der Waals surface area contributed by atoms with Crippen molar-refractivity contribution >= 4 is 5.91 Å². The lowest BCUT2D eigenvalue weighted by molar-refractivity contribution is -0.128. The lowest BCUT2D eigenvalue weighted by Gasteiger charge is -2.18. The van der Waals surface area contributed by atoms with Gasteiger partial charge in [-0.15, -0.1) is 0 Å². The summed E-state index contributed by atoms with van der Waals surface area (Å²) >= 11 is 0. The standard InChI is InChI=1S/C14H22N2O2/c1-4-15-11-14(17)16(2)10-9-12-7-5-6-8-13(12)18-3/h5-8,15H,4,9-11H2,1-3H3. The number of para-hydroxylation sites is 1. The molecule has 0 aliphatic carbocycles. The summed E-state index contributed by atoms with van der Waals surface area (Å²) in [6.45, 7) is 3.90. The van der Waals surface area contributed by atoms with Crippen LogP contribution in [0.1, 0.15) is 12.5 Å². The molecule has 0 spiro atoms. The molecular formula is C14H22N2O2. The number of methoxy groups -OCH3 is 1. The Morgan fingerprint density at radius 1 is 1.39 bits per heavy atom. The highest BCUT2D eigenvalue weighted by atomic mass is 16.5. The van der Waals surface area contributed by atoms with Crippen molar-refractivity contribution in [2.24, 2.45) is 0 Å². The van der Waals surface area contributed by atoms with Gasteiger partial charge in [-0.2, -0.15) is 0 Å². The van der Waals surface area contributed by atoms with E-state index in [9.17, 15) is 4.79 Å². The zero-order chi connectivity index (χ0) is 13.4. The van der Waals surface area contributed by atoms with Gasteiger partial charge < -0.3 is 15.0 Å². The number of rotatable bonds is 7. The molecule has 0 aromatic heterocycles. The Labute approximate surface area is 109 Å². The maximum Gasteiger partial charge on any atom is 0.236 e. The fourth-order valence-corrected chi connectivity index (χ4v) is 1.69. The van der Waals surface area contributed by atoms with Crippen molar-refractivity contribution in [3.8, 4) is 5.75 Å². The molecule has 0 saturated heterocycles. The van der Waals surface area contributed by atoms with E-state index in [0.717, 1.165) is 24.3 Å². The van der Waals surface area contributed by atoms with E-state index in [-0.39, 0.29) is 5.91 Å². The van der Waals surface area contributed by atoms with Gasteiger partial charge in [-0.3, -0.25) is 4.79 Å². The van der Waals surface area contributed by atoms with Crippen molar-refractivity contribution in [1.82, 2.24) is 10.2 Å². The third kappa shape index (κ3) is 4.37. The maximum absolute atomic E-state index is 11.7. The van der Waals surface area contributed by atoms with Crippen molar-refractivity contribution in [1.29, 1.82) is 0 Å². The monoisotopic (exact) mass is 250 g/mol. The molecule has 0 heterocycles. The molecule has 0 radical (unpaired) electrons. The predicted octanol–water partition coefficient (Wildman–Crippen LogP) is 1.31. The number of ether oxygens (including phenoxy) is 1. The highest BCUT2D eigenvalue weighted by Gasteiger charge is 2.09. The summed E-state index contributed by atoms with van der Waals surface area (Å²) in [4.78, 5) is 13.5. The number of nitrogens with zero attached hydrogens (tertiary/aromatic N) is 1. The van der Waals surface area contributed by atoms with Gasteiger partial charge >= 0.3 is 0 Å². The van der Waals surface area contributed by atoms with E-state index >= 15 is 0 Å². The molecule has 4 nitrogen and oxygen atoms in total. The van der Waals surface area contributed by atoms with E-state index in [0.29, 0.717) is 13.1 Å². The van der Waals surface area contributed by atoms with Gasteiger partial charge in [-0.05, 0) is 24.6 Å². The molecule has 1 N–H and O–H groups in total. The van der Waals surface area contributed by atoms with Crippen LogP contribution >= 0.6 is 0 Å². The minimum atomic E-state index is 0.117. The first kappa shape index (κ1) is 14.5. The van der Waals surface area contributed by atoms with E-state index in [1.54, 1.807) is 12.0 Å². The Morgan fingerprint density at radius 3 is 2.78 bits per heavy atom. The fraction of sp³-hybridized carbons (Fsp3) is 0.500. The molecule has 1 aromatic carbocycles. The van der Waals surface area contributed by atoms with E-state index in [2.05, 4.69) is 5.32 Å². The molecular weight excluding hydrogens is 228 g/mol. The van der Waals surface area contributed by atoms with Crippen LogP contribution in [0.2, 0.25) is 0 Å². The van der Waals surface area contributed by atoms with Crippen molar-refractivity contribution in [3.05, 3.63) is 29.8 Å². The zero-order valence-corrected chi connectivity index (χ0v) is 11.4. The molecule has 1 rings (SSSR count). The van der Waals surface area contributed by atoms with Crippen LogP contribution in [0.3, 0.4) is 0 Å². The minimum absolute atomic E-state index is 0.117. The number of likely N-dealkylation sites (N-methyl/N-ethyl adjacent to an activating group) is 2. The highest BCUT2D eigenvalue weighted by molar-refractivity contribution is 5.77. The Kier molecular flexibility index (Phi) is 6.22. The average molecular weight is 250 g/mol. The topological polar surface area (TPSA) is 41.6 Å². The molecule has 0 aliphatic heterocycles. The van der Waals surface area contributed by atoms with Gasteiger partial charge in [0.25, 0.3) is 0 Å². The first-order valence-electron chi connectivity index (χ1n) is 6.25. The molecule has 0 unspecified atom stereocenters. The lowest BCUT2D eigenvalue weighted by Crippen LogP contribution is -2.36. The van der Waals surface area contributed by atoms with Gasteiger partial charge in [0.1, 0.15) is 5.75 Å². The summed E-state index contributed by atoms with van der Waals surface area (Å²) in [6, 6.07) is 7.90. The number of benzene rings is 1. The van der Waals surface area contributed by atoms with E-state index in [1.807, 2.05) is 38.2 Å². The molecule has 18 heavy (non-hydrogen) atoms. The summed E-state index contributed by atoms with van der Waals surface area (Å²) in [7, 11) is 3.49. The summed E-state index contributed by atoms with van der Waals surface area (Å²) < 4.78 is 5.29. The quantitative estimate of drug-likeness (QED) is 0.793. The maximum atomic E-state index is 11.7. The number of hydrogen-bond acceptors (Lipinski definition) is 3. The molecule has 0 aliphatic rings. The zero-order valence-electron chi connectivity index (χ0n) is 11.4. The average Bonchev–Trinajstić information content (AvgIpc) is 2.42. The van der Waals surface area contributed by atoms with Crippen molar-refractivity contribution in [2.75, 3.05) is 33.8 Å². The number of carbonyl (C=O) groups is 1. The molecule has 1 amide bonds. The molecule has 0 bridgehead atoms. The van der Waals surface area contributed by atoms with Gasteiger partial charge in [0.2, 0.25) is 5.91 Å². The predicted molar refractivity (Wildman–Crippen MR) is 72.9 cm³/mol. The minimum Gasteiger partial charge on any atom is -0.496 e. The smallest absolute Gasteiger partial charge is 0.236 e. The highest BCUT2D eigenvalue weighted by Crippen LogP contribution is 2.17. The van der Waals surface area contributed by atoms with Crippen molar-refractivity contribution < 1.29 is 9.53 Å². The van der Waals surface area contributed by atoms with Gasteiger partial charge in [0.05, 0.1) is 13.7 Å². The molecule has 0 saturated carbocycles. The summed E-state index contributed by atoms with van der Waals surface area (Å²) in [5.74, 6) is 0.997. The third-order valence-electron chi connectivity index (χ3n) is 2.86. The van der Waals surface area contributed by atoms with E-state index < -0.39 is 0 Å². The Morgan fingerprint density at radius 2 is 2.11 bits per heavy atom. The van der Waals surface area contributed by atoms with Crippen LogP contribution in [0.4, 0.5) is 0 Å². The molecule has 4 heteroatoms. The third-order valence-corrected chi connectivity index (χ3v) is 2.86. The Balaban J connectivity index is 2.46. The van der Waals surface area contributed by atoms with E-state index in [1.165, 1.54) is 0 Å². The Bertz CT molecular complexity index is 380. The second kappa shape index (κ2) is 7.71. The fourth-order valence-electron chi connectivity index (χ4n) is 1.69. The molecule has 0 fully saturated rings. The van der Waals surface area contributed by atoms with Crippen molar-refractivity contribution in [3.63, 3.8) is 0 Å². The van der Waals surface area contributed by atoms with Crippen LogP contribution in [0, 0.1) is 0 Å². The SMILES string of the molecule is CCNCC(=O)N(C)CCc1ccccc1OC. The van der Waals surface area contributed by atoms with E-state index in [4.69, 9.17) is 4.74 Å². The number of nitrogens with one attached hydrogen (secondary N) is 1. The van der Waals surface area contributed by atoms with Crippen LogP contribution in [-0.2, 0) is 11.2 Å². The van der Waals surface area contributed by atoms with Crippen LogP contribution in [0.15, 0.2) is 24.3 Å². The number of carbonyl (C=O) groups excluding carboxylic acids is 1. The molecule has 1 aromatic rings. The van der Waals surface area contributed by atoms with Gasteiger partial charge in [0, 0.05) is 13.6 Å². The first-order chi connectivity index (χ1) is 8.69. The van der Waals surface area contributed by atoms with Crippen molar-refractivity contribution in [2.45, 2.75) is 13.3 Å². The second-order valence-electron chi connectivity index (χ2n) is 4.16. The Hall–Kier alpha value is -1.55. The van der Waals surface area contributed by atoms with Crippen LogP contribution < -0.4 is 10.1 Å². The molecule has 100 valence electrons. The van der Waals surface area contributed by atoms with Crippen LogP contribution in [0.5, 0.6) is 5.75 Å². The summed E-state index contributed by atoms with van der Waals surface area (Å²) in [6.07, 6.45) is 0.804.